The number of rotatable bonds is 3. The summed E-state index contributed by atoms with van der Waals surface area (Å²) < 4.78 is 29.4. The highest BCUT2D eigenvalue weighted by molar-refractivity contribution is 6.12. The Morgan fingerprint density at radius 2 is 2.16 bits per heavy atom. The van der Waals surface area contributed by atoms with Crippen molar-refractivity contribution in [2.24, 2.45) is 0 Å². The van der Waals surface area contributed by atoms with Crippen LogP contribution in [0.3, 0.4) is 0 Å². The molecule has 0 saturated heterocycles. The number of alkyl halides is 2. The van der Waals surface area contributed by atoms with Gasteiger partial charge in [-0.3, -0.25) is 14.9 Å². The normalized spacial score (nSPS) is 20.5. The van der Waals surface area contributed by atoms with Crippen molar-refractivity contribution in [3.63, 3.8) is 0 Å². The van der Waals surface area contributed by atoms with E-state index >= 15 is 0 Å². The molecule has 1 atom stereocenters. The van der Waals surface area contributed by atoms with Crippen molar-refractivity contribution in [3.8, 4) is 5.75 Å². The van der Waals surface area contributed by atoms with Crippen molar-refractivity contribution in [1.82, 2.24) is 5.32 Å². The maximum Gasteiger partial charge on any atom is 0.272 e. The third-order valence-corrected chi connectivity index (χ3v) is 3.51. The van der Waals surface area contributed by atoms with Gasteiger partial charge in [0.1, 0.15) is 12.4 Å². The summed E-state index contributed by atoms with van der Waals surface area (Å²) in [5.41, 5.74) is 1.81. The smallest absolute Gasteiger partial charge is 0.272 e. The van der Waals surface area contributed by atoms with E-state index in [2.05, 4.69) is 5.32 Å². The zero-order chi connectivity index (χ0) is 13.6. The topological polar surface area (TPSA) is 55.4 Å². The lowest BCUT2D eigenvalue weighted by atomic mass is 9.91. The Balaban J connectivity index is 2.03. The quantitative estimate of drug-likeness (QED) is 0.847. The number of hydrogen-bond acceptors (Lipinski definition) is 3. The zero-order valence-electron chi connectivity index (χ0n) is 9.91. The maximum atomic E-state index is 12.2. The molecule has 1 aromatic carbocycles. The van der Waals surface area contributed by atoms with E-state index in [4.69, 9.17) is 4.74 Å². The molecule has 0 spiro atoms. The highest BCUT2D eigenvalue weighted by Crippen LogP contribution is 2.42. The number of carbonyl (C=O) groups excluding carboxylic acids is 2. The van der Waals surface area contributed by atoms with Gasteiger partial charge in [-0.15, -0.1) is 0 Å². The van der Waals surface area contributed by atoms with Crippen LogP contribution in [-0.2, 0) is 11.2 Å². The number of imide groups is 1. The van der Waals surface area contributed by atoms with E-state index in [-0.39, 0.29) is 11.8 Å². The number of carbonyl (C=O) groups is 2. The molecule has 1 heterocycles. The van der Waals surface area contributed by atoms with Crippen molar-refractivity contribution in [2.45, 2.75) is 25.2 Å². The van der Waals surface area contributed by atoms with E-state index in [0.29, 0.717) is 35.3 Å². The average molecular weight is 267 g/mol. The first-order chi connectivity index (χ1) is 9.08. The third kappa shape index (κ3) is 1.87. The number of benzene rings is 1. The summed E-state index contributed by atoms with van der Waals surface area (Å²) in [5.74, 6) is -0.760. The van der Waals surface area contributed by atoms with Crippen LogP contribution >= 0.6 is 0 Å². The molecule has 0 bridgehead atoms. The van der Waals surface area contributed by atoms with Gasteiger partial charge in [0, 0.05) is 5.56 Å². The fourth-order valence-electron chi connectivity index (χ4n) is 2.75. The van der Waals surface area contributed by atoms with Crippen molar-refractivity contribution in [1.29, 1.82) is 0 Å². The van der Waals surface area contributed by atoms with E-state index < -0.39 is 18.9 Å². The van der Waals surface area contributed by atoms with Crippen LogP contribution in [0, 0.1) is 0 Å². The Hall–Kier alpha value is -1.98. The van der Waals surface area contributed by atoms with Crippen LogP contribution in [0.15, 0.2) is 12.1 Å². The van der Waals surface area contributed by atoms with Gasteiger partial charge in [-0.05, 0) is 36.1 Å². The van der Waals surface area contributed by atoms with Crippen LogP contribution in [0.5, 0.6) is 5.75 Å². The van der Waals surface area contributed by atoms with Crippen LogP contribution < -0.4 is 10.1 Å². The van der Waals surface area contributed by atoms with Crippen molar-refractivity contribution in [2.75, 3.05) is 6.61 Å². The molecule has 4 nitrogen and oxygen atoms in total. The number of nitrogens with one attached hydrogen (secondary N) is 1. The second kappa shape index (κ2) is 4.29. The molecule has 0 saturated carbocycles. The van der Waals surface area contributed by atoms with Crippen LogP contribution in [0.4, 0.5) is 8.78 Å². The highest BCUT2D eigenvalue weighted by atomic mass is 19.3. The second-order valence-corrected chi connectivity index (χ2v) is 4.62. The molecule has 1 unspecified atom stereocenters. The minimum Gasteiger partial charge on any atom is -0.487 e. The molecule has 6 heteroatoms. The van der Waals surface area contributed by atoms with Gasteiger partial charge in [0.05, 0.1) is 5.92 Å². The molecule has 1 aliphatic carbocycles. The Morgan fingerprint density at radius 3 is 2.89 bits per heavy atom. The summed E-state index contributed by atoms with van der Waals surface area (Å²) in [6, 6.07) is 3.05. The highest BCUT2D eigenvalue weighted by Gasteiger charge is 2.39. The average Bonchev–Trinajstić information content (AvgIpc) is 2.79. The minimum atomic E-state index is -2.55. The molecule has 0 aromatic heterocycles. The van der Waals surface area contributed by atoms with Crippen molar-refractivity contribution < 1.29 is 23.1 Å². The van der Waals surface area contributed by atoms with Gasteiger partial charge in [-0.1, -0.05) is 0 Å². The largest absolute Gasteiger partial charge is 0.487 e. The van der Waals surface area contributed by atoms with Gasteiger partial charge in [0.25, 0.3) is 12.3 Å². The number of halogens is 2. The van der Waals surface area contributed by atoms with Crippen LogP contribution in [0.25, 0.3) is 0 Å². The van der Waals surface area contributed by atoms with E-state index in [9.17, 15) is 18.4 Å². The van der Waals surface area contributed by atoms with Crippen LogP contribution in [0.1, 0.15) is 33.8 Å². The van der Waals surface area contributed by atoms with Crippen molar-refractivity contribution >= 4 is 11.8 Å². The fourth-order valence-corrected chi connectivity index (χ4v) is 2.75. The summed E-state index contributed by atoms with van der Waals surface area (Å²) in [6.45, 7) is -0.684. The maximum absolute atomic E-state index is 12.2. The van der Waals surface area contributed by atoms with E-state index in [1.165, 1.54) is 12.1 Å². The Morgan fingerprint density at radius 1 is 1.37 bits per heavy atom. The monoisotopic (exact) mass is 267 g/mol. The zero-order valence-corrected chi connectivity index (χ0v) is 9.91. The summed E-state index contributed by atoms with van der Waals surface area (Å²) in [6.07, 6.45) is -1.41. The molecule has 3 rings (SSSR count). The van der Waals surface area contributed by atoms with Gasteiger partial charge in [0.2, 0.25) is 5.91 Å². The van der Waals surface area contributed by atoms with Crippen LogP contribution in [-0.4, -0.2) is 24.8 Å². The predicted molar refractivity (Wildman–Crippen MR) is 61.5 cm³/mol. The first-order valence-corrected chi connectivity index (χ1v) is 6.00. The first kappa shape index (κ1) is 12.1. The minimum absolute atomic E-state index is 0.317. The molecule has 100 valence electrons. The molecule has 2 amide bonds. The Kier molecular flexibility index (Phi) is 2.73. The third-order valence-electron chi connectivity index (χ3n) is 3.51. The van der Waals surface area contributed by atoms with Gasteiger partial charge in [0.15, 0.2) is 0 Å². The predicted octanol–water partition coefficient (Wildman–Crippen LogP) is 1.63. The lowest BCUT2D eigenvalue weighted by Crippen LogP contribution is -2.39. The van der Waals surface area contributed by atoms with Crippen molar-refractivity contribution in [3.05, 3.63) is 28.8 Å². The molecule has 1 aliphatic heterocycles. The standard InChI is InChI=1S/C13H11F2NO3/c14-10(15)5-19-9-4-3-8-11-6(9)1-2-7(11)12(17)16-13(8)18/h3-4,7,10H,1-2,5H2,(H,16,17,18). The molecular weight excluding hydrogens is 256 g/mol. The Labute approximate surface area is 107 Å². The first-order valence-electron chi connectivity index (χ1n) is 6.00. The number of ether oxygens (including phenoxy) is 1. The summed E-state index contributed by atoms with van der Waals surface area (Å²) in [7, 11) is 0. The van der Waals surface area contributed by atoms with Gasteiger partial charge < -0.3 is 4.74 Å². The second-order valence-electron chi connectivity index (χ2n) is 4.62. The lowest BCUT2D eigenvalue weighted by molar-refractivity contribution is -0.121. The van der Waals surface area contributed by atoms with Gasteiger partial charge in [-0.25, -0.2) is 8.78 Å². The lowest BCUT2D eigenvalue weighted by Gasteiger charge is -2.21. The fraction of sp³-hybridized carbons (Fsp3) is 0.385. The van der Waals surface area contributed by atoms with E-state index in [1.54, 1.807) is 0 Å². The molecule has 0 radical (unpaired) electrons. The Bertz CT molecular complexity index is 571. The molecule has 19 heavy (non-hydrogen) atoms. The summed E-state index contributed by atoms with van der Waals surface area (Å²) in [5, 5.41) is 2.30. The molecule has 2 aliphatic rings. The van der Waals surface area contributed by atoms with Crippen LogP contribution in [0.2, 0.25) is 0 Å². The van der Waals surface area contributed by atoms with Gasteiger partial charge >= 0.3 is 0 Å². The molecule has 1 N–H and O–H groups in total. The summed E-state index contributed by atoms with van der Waals surface area (Å²) >= 11 is 0. The number of amides is 2. The van der Waals surface area contributed by atoms with E-state index in [0.717, 1.165) is 0 Å². The number of hydrogen-bond donors (Lipinski definition) is 1. The molecular formula is C13H11F2NO3. The molecule has 1 aromatic rings. The summed E-state index contributed by atoms with van der Waals surface area (Å²) in [4.78, 5) is 23.4. The SMILES string of the molecule is O=C1NC(=O)C2CCc3c(OCC(F)F)ccc1c32. The van der Waals surface area contributed by atoms with Gasteiger partial charge in [-0.2, -0.15) is 0 Å². The van der Waals surface area contributed by atoms with E-state index in [1.807, 2.05) is 0 Å². The molecule has 0 fully saturated rings.